The first-order valence-electron chi connectivity index (χ1n) is 4.34. The molecule has 4 heteroatoms. The maximum atomic E-state index is 11.4. The van der Waals surface area contributed by atoms with Crippen LogP contribution in [0.5, 0.6) is 0 Å². The second-order valence-electron chi connectivity index (χ2n) is 3.15. The van der Waals surface area contributed by atoms with Gasteiger partial charge in [0.05, 0.1) is 6.04 Å². The molecule has 1 amide bonds. The van der Waals surface area contributed by atoms with E-state index in [4.69, 9.17) is 5.11 Å². The molecule has 1 aliphatic heterocycles. The van der Waals surface area contributed by atoms with Crippen molar-refractivity contribution >= 4 is 5.91 Å². The van der Waals surface area contributed by atoms with E-state index in [2.05, 4.69) is 5.32 Å². The van der Waals surface area contributed by atoms with Gasteiger partial charge in [0.2, 0.25) is 5.91 Å². The molecule has 1 fully saturated rings. The number of hydrogen-bond acceptors (Lipinski definition) is 3. The lowest BCUT2D eigenvalue weighted by Gasteiger charge is -2.22. The van der Waals surface area contributed by atoms with Gasteiger partial charge in [-0.1, -0.05) is 0 Å². The van der Waals surface area contributed by atoms with Crippen LogP contribution in [0.3, 0.4) is 0 Å². The molecular weight excluding hydrogens is 156 g/mol. The van der Waals surface area contributed by atoms with Gasteiger partial charge >= 0.3 is 0 Å². The number of amides is 1. The predicted molar refractivity (Wildman–Crippen MR) is 45.7 cm³/mol. The summed E-state index contributed by atoms with van der Waals surface area (Å²) in [5.41, 5.74) is 0. The fourth-order valence-corrected chi connectivity index (χ4v) is 1.49. The first-order chi connectivity index (χ1) is 5.75. The molecule has 70 valence electrons. The molecule has 0 radical (unpaired) electrons. The Hall–Kier alpha value is -0.610. The number of hydrogen-bond donors (Lipinski definition) is 2. The minimum atomic E-state index is -0.141. The molecule has 12 heavy (non-hydrogen) atoms. The van der Waals surface area contributed by atoms with Crippen LogP contribution < -0.4 is 5.32 Å². The van der Waals surface area contributed by atoms with Crippen molar-refractivity contribution in [2.24, 2.45) is 0 Å². The lowest BCUT2D eigenvalue weighted by atomic mass is 10.2. The SMILES string of the molecule is CN1CCCNC(=O)C1CCO. The summed E-state index contributed by atoms with van der Waals surface area (Å²) in [4.78, 5) is 13.3. The summed E-state index contributed by atoms with van der Waals surface area (Å²) in [7, 11) is 1.92. The highest BCUT2D eigenvalue weighted by molar-refractivity contribution is 5.81. The molecule has 0 spiro atoms. The summed E-state index contributed by atoms with van der Waals surface area (Å²) in [5.74, 6) is 0.0454. The van der Waals surface area contributed by atoms with Crippen LogP contribution in [0, 0.1) is 0 Å². The van der Waals surface area contributed by atoms with Crippen molar-refractivity contribution in [1.82, 2.24) is 10.2 Å². The Bertz CT molecular complexity index is 161. The Morgan fingerprint density at radius 2 is 2.50 bits per heavy atom. The number of rotatable bonds is 2. The first kappa shape index (κ1) is 9.48. The van der Waals surface area contributed by atoms with Gasteiger partial charge in [-0.15, -0.1) is 0 Å². The van der Waals surface area contributed by atoms with Crippen LogP contribution in [0.2, 0.25) is 0 Å². The Morgan fingerprint density at radius 3 is 3.17 bits per heavy atom. The molecule has 1 unspecified atom stereocenters. The third-order valence-electron chi connectivity index (χ3n) is 2.22. The normalized spacial score (nSPS) is 26.5. The van der Waals surface area contributed by atoms with Crippen molar-refractivity contribution < 1.29 is 9.90 Å². The second kappa shape index (κ2) is 4.42. The molecule has 2 N–H and O–H groups in total. The van der Waals surface area contributed by atoms with Crippen LogP contribution in [0.4, 0.5) is 0 Å². The van der Waals surface area contributed by atoms with Gasteiger partial charge in [-0.3, -0.25) is 9.69 Å². The fraction of sp³-hybridized carbons (Fsp3) is 0.875. The molecule has 4 nitrogen and oxygen atoms in total. The monoisotopic (exact) mass is 172 g/mol. The van der Waals surface area contributed by atoms with E-state index >= 15 is 0 Å². The summed E-state index contributed by atoms with van der Waals surface area (Å²) in [6.45, 7) is 1.75. The zero-order valence-electron chi connectivity index (χ0n) is 7.42. The molecule has 1 rings (SSSR count). The van der Waals surface area contributed by atoms with Gasteiger partial charge in [-0.05, 0) is 19.9 Å². The average Bonchev–Trinajstić information content (AvgIpc) is 2.19. The lowest BCUT2D eigenvalue weighted by molar-refractivity contribution is -0.125. The molecule has 1 saturated heterocycles. The van der Waals surface area contributed by atoms with E-state index in [-0.39, 0.29) is 18.6 Å². The van der Waals surface area contributed by atoms with E-state index in [0.29, 0.717) is 6.42 Å². The van der Waals surface area contributed by atoms with Gasteiger partial charge in [0.25, 0.3) is 0 Å². The molecule has 1 atom stereocenters. The van der Waals surface area contributed by atoms with Crippen LogP contribution in [-0.4, -0.2) is 48.7 Å². The highest BCUT2D eigenvalue weighted by atomic mass is 16.3. The highest BCUT2D eigenvalue weighted by Crippen LogP contribution is 2.05. The maximum Gasteiger partial charge on any atom is 0.237 e. The summed E-state index contributed by atoms with van der Waals surface area (Å²) in [6.07, 6.45) is 1.52. The standard InChI is InChI=1S/C8H16N2O2/c1-10-5-2-4-9-8(12)7(10)3-6-11/h7,11H,2-6H2,1H3,(H,9,12). The van der Waals surface area contributed by atoms with E-state index in [1.165, 1.54) is 0 Å². The predicted octanol–water partition coefficient (Wildman–Crippen LogP) is -0.811. The van der Waals surface area contributed by atoms with Crippen LogP contribution >= 0.6 is 0 Å². The van der Waals surface area contributed by atoms with E-state index < -0.39 is 0 Å². The number of nitrogens with zero attached hydrogens (tertiary/aromatic N) is 1. The first-order valence-corrected chi connectivity index (χ1v) is 4.34. The molecule has 0 aromatic rings. The van der Waals surface area contributed by atoms with Gasteiger partial charge in [-0.25, -0.2) is 0 Å². The van der Waals surface area contributed by atoms with E-state index in [0.717, 1.165) is 19.5 Å². The Balaban J connectivity index is 2.55. The molecule has 0 aromatic carbocycles. The number of carbonyl (C=O) groups is 1. The van der Waals surface area contributed by atoms with Crippen molar-refractivity contribution in [3.63, 3.8) is 0 Å². The molecule has 0 aliphatic carbocycles. The van der Waals surface area contributed by atoms with Gasteiger partial charge in [0, 0.05) is 19.7 Å². The van der Waals surface area contributed by atoms with Gasteiger partial charge in [0.15, 0.2) is 0 Å². The van der Waals surface area contributed by atoms with E-state index in [1.54, 1.807) is 0 Å². The molecular formula is C8H16N2O2. The van der Waals surface area contributed by atoms with Crippen molar-refractivity contribution in [1.29, 1.82) is 0 Å². The maximum absolute atomic E-state index is 11.4. The molecule has 1 heterocycles. The second-order valence-corrected chi connectivity index (χ2v) is 3.15. The van der Waals surface area contributed by atoms with Crippen LogP contribution in [0.1, 0.15) is 12.8 Å². The zero-order valence-corrected chi connectivity index (χ0v) is 7.42. The Kier molecular flexibility index (Phi) is 3.49. The number of aliphatic hydroxyl groups is 1. The van der Waals surface area contributed by atoms with Crippen molar-refractivity contribution in [3.8, 4) is 0 Å². The van der Waals surface area contributed by atoms with Gasteiger partial charge in [-0.2, -0.15) is 0 Å². The summed E-state index contributed by atoms with van der Waals surface area (Å²) in [6, 6.07) is -0.141. The van der Waals surface area contributed by atoms with Crippen LogP contribution in [0.15, 0.2) is 0 Å². The Labute approximate surface area is 72.6 Å². The molecule has 0 bridgehead atoms. The quantitative estimate of drug-likeness (QED) is 0.573. The minimum Gasteiger partial charge on any atom is -0.396 e. The van der Waals surface area contributed by atoms with Crippen LogP contribution in [-0.2, 0) is 4.79 Å². The smallest absolute Gasteiger partial charge is 0.237 e. The molecule has 1 aliphatic rings. The summed E-state index contributed by atoms with van der Waals surface area (Å²) < 4.78 is 0. The summed E-state index contributed by atoms with van der Waals surface area (Å²) in [5, 5.41) is 11.6. The van der Waals surface area contributed by atoms with E-state index in [1.807, 2.05) is 11.9 Å². The van der Waals surface area contributed by atoms with Gasteiger partial charge < -0.3 is 10.4 Å². The largest absolute Gasteiger partial charge is 0.396 e. The lowest BCUT2D eigenvalue weighted by Crippen LogP contribution is -2.42. The number of likely N-dealkylation sites (N-methyl/N-ethyl adjacent to an activating group) is 1. The van der Waals surface area contributed by atoms with Gasteiger partial charge in [0.1, 0.15) is 0 Å². The topological polar surface area (TPSA) is 52.6 Å². The van der Waals surface area contributed by atoms with E-state index in [9.17, 15) is 4.79 Å². The van der Waals surface area contributed by atoms with Crippen molar-refractivity contribution in [3.05, 3.63) is 0 Å². The minimum absolute atomic E-state index is 0.0454. The third-order valence-corrected chi connectivity index (χ3v) is 2.22. The number of carbonyl (C=O) groups excluding carboxylic acids is 1. The van der Waals surface area contributed by atoms with Crippen LogP contribution in [0.25, 0.3) is 0 Å². The highest BCUT2D eigenvalue weighted by Gasteiger charge is 2.24. The Morgan fingerprint density at radius 1 is 1.75 bits per heavy atom. The summed E-state index contributed by atoms with van der Waals surface area (Å²) >= 11 is 0. The zero-order chi connectivity index (χ0) is 8.97. The molecule has 0 saturated carbocycles. The third kappa shape index (κ3) is 2.19. The fourth-order valence-electron chi connectivity index (χ4n) is 1.49. The number of nitrogens with one attached hydrogen (secondary N) is 1. The molecule has 0 aromatic heterocycles. The average molecular weight is 172 g/mol. The van der Waals surface area contributed by atoms with Crippen molar-refractivity contribution in [2.75, 3.05) is 26.7 Å². The number of aliphatic hydroxyl groups excluding tert-OH is 1. The van der Waals surface area contributed by atoms with Crippen molar-refractivity contribution in [2.45, 2.75) is 18.9 Å².